The Labute approximate surface area is 112 Å². The smallest absolute Gasteiger partial charge is 0.243 e. The van der Waals surface area contributed by atoms with Crippen LogP contribution >= 0.6 is 0 Å². The normalized spacial score (nSPS) is 11.3. The minimum Gasteiger partial charge on any atom is -1.00 e. The summed E-state index contributed by atoms with van der Waals surface area (Å²) in [7, 11) is 0. The molecule has 3 nitrogen and oxygen atoms in total. The van der Waals surface area contributed by atoms with Gasteiger partial charge in [-0.2, -0.15) is 0 Å². The summed E-state index contributed by atoms with van der Waals surface area (Å²) in [6.45, 7) is 14.0. The molecule has 0 rings (SSSR count). The third kappa shape index (κ3) is 7.40. The molecule has 0 aromatic rings. The van der Waals surface area contributed by atoms with E-state index in [1.165, 1.54) is 19.6 Å². The average molecular weight is 263 g/mol. The Morgan fingerprint density at radius 3 is 2.12 bits per heavy atom. The Kier molecular flexibility index (Phi) is 11.7. The van der Waals surface area contributed by atoms with E-state index >= 15 is 0 Å². The number of amides is 1. The van der Waals surface area contributed by atoms with E-state index in [1.54, 1.807) is 12.2 Å². The maximum atomic E-state index is 11.2. The van der Waals surface area contributed by atoms with E-state index < -0.39 is 0 Å². The van der Waals surface area contributed by atoms with Crippen molar-refractivity contribution < 1.29 is 21.7 Å². The van der Waals surface area contributed by atoms with Crippen LogP contribution in [0.4, 0.5) is 0 Å². The van der Waals surface area contributed by atoms with E-state index in [4.69, 9.17) is 0 Å². The minimum atomic E-state index is 0. The summed E-state index contributed by atoms with van der Waals surface area (Å²) in [4.78, 5) is 11.2. The molecule has 0 aliphatic heterocycles. The van der Waals surface area contributed by atoms with Crippen molar-refractivity contribution in [1.82, 2.24) is 5.32 Å². The van der Waals surface area contributed by atoms with Crippen molar-refractivity contribution in [1.29, 1.82) is 0 Å². The number of carbonyl (C=O) groups excluding carboxylic acids is 1. The Morgan fingerprint density at radius 1 is 1.18 bits per heavy atom. The molecule has 0 saturated heterocycles. The third-order valence-corrected chi connectivity index (χ3v) is 3.44. The van der Waals surface area contributed by atoms with Gasteiger partial charge in [0.1, 0.15) is 0 Å². The molecule has 0 atom stereocenters. The van der Waals surface area contributed by atoms with Crippen LogP contribution < -0.4 is 17.7 Å². The number of halogens is 1. The summed E-state index contributed by atoms with van der Waals surface area (Å²) in [6, 6.07) is 0. The van der Waals surface area contributed by atoms with Gasteiger partial charge in [-0.1, -0.05) is 6.08 Å². The molecule has 0 saturated carbocycles. The largest absolute Gasteiger partial charge is 1.00 e. The summed E-state index contributed by atoms with van der Waals surface area (Å²) < 4.78 is 1.15. The monoisotopic (exact) mass is 262 g/mol. The summed E-state index contributed by atoms with van der Waals surface area (Å²) >= 11 is 0. The van der Waals surface area contributed by atoms with Crippen LogP contribution in [0, 0.1) is 0 Å². The zero-order valence-electron chi connectivity index (χ0n) is 11.6. The Hall–Kier alpha value is -0.540. The number of quaternary nitrogens is 1. The number of hydrogen-bond acceptors (Lipinski definition) is 1. The molecular formula is C13H27ClN2O. The highest BCUT2D eigenvalue weighted by molar-refractivity contribution is 5.87. The van der Waals surface area contributed by atoms with Gasteiger partial charge in [0, 0.05) is 13.0 Å². The molecule has 0 heterocycles. The predicted molar refractivity (Wildman–Crippen MR) is 69.2 cm³/mol. The van der Waals surface area contributed by atoms with Gasteiger partial charge in [-0.05, 0) is 33.8 Å². The van der Waals surface area contributed by atoms with Crippen LogP contribution in [-0.2, 0) is 4.79 Å². The van der Waals surface area contributed by atoms with Gasteiger partial charge in [0.2, 0.25) is 5.91 Å². The van der Waals surface area contributed by atoms with Crippen LogP contribution in [0.2, 0.25) is 0 Å². The quantitative estimate of drug-likeness (QED) is 0.338. The number of allylic oxidation sites excluding steroid dienone is 1. The number of hydrogen-bond donors (Lipinski definition) is 1. The lowest BCUT2D eigenvalue weighted by molar-refractivity contribution is -0.923. The fourth-order valence-electron chi connectivity index (χ4n) is 1.98. The second-order valence-corrected chi connectivity index (χ2v) is 4.16. The highest BCUT2D eigenvalue weighted by Gasteiger charge is 2.19. The lowest BCUT2D eigenvalue weighted by Gasteiger charge is -2.35. The molecular weight excluding hydrogens is 236 g/mol. The van der Waals surface area contributed by atoms with Crippen LogP contribution in [0.3, 0.4) is 0 Å². The van der Waals surface area contributed by atoms with E-state index in [9.17, 15) is 4.79 Å². The van der Waals surface area contributed by atoms with E-state index in [2.05, 4.69) is 26.1 Å². The van der Waals surface area contributed by atoms with Gasteiger partial charge in [0.05, 0.1) is 26.2 Å². The van der Waals surface area contributed by atoms with E-state index in [0.29, 0.717) is 0 Å². The molecule has 0 aromatic carbocycles. The molecule has 1 N–H and O–H groups in total. The molecule has 102 valence electrons. The number of nitrogens with zero attached hydrogens (tertiary/aromatic N) is 1. The zero-order valence-corrected chi connectivity index (χ0v) is 12.4. The first-order valence-electron chi connectivity index (χ1n) is 6.39. The maximum absolute atomic E-state index is 11.2. The lowest BCUT2D eigenvalue weighted by atomic mass is 10.3. The van der Waals surface area contributed by atoms with Crippen molar-refractivity contribution in [3.8, 4) is 0 Å². The van der Waals surface area contributed by atoms with Crippen LogP contribution in [0.15, 0.2) is 12.2 Å². The highest BCUT2D eigenvalue weighted by atomic mass is 35.5. The van der Waals surface area contributed by atoms with E-state index in [-0.39, 0.29) is 18.3 Å². The van der Waals surface area contributed by atoms with Crippen molar-refractivity contribution >= 4 is 5.91 Å². The maximum Gasteiger partial charge on any atom is 0.243 e. The van der Waals surface area contributed by atoms with Crippen LogP contribution in [0.25, 0.3) is 0 Å². The lowest BCUT2D eigenvalue weighted by Crippen LogP contribution is -3.00. The van der Waals surface area contributed by atoms with Gasteiger partial charge in [0.15, 0.2) is 0 Å². The fourth-order valence-corrected chi connectivity index (χ4v) is 1.98. The molecule has 0 aliphatic carbocycles. The van der Waals surface area contributed by atoms with Crippen molar-refractivity contribution in [3.63, 3.8) is 0 Å². The van der Waals surface area contributed by atoms with Crippen LogP contribution in [0.5, 0.6) is 0 Å². The van der Waals surface area contributed by atoms with Gasteiger partial charge < -0.3 is 22.2 Å². The van der Waals surface area contributed by atoms with Gasteiger partial charge in [-0.25, -0.2) is 0 Å². The first-order chi connectivity index (χ1) is 7.64. The van der Waals surface area contributed by atoms with Crippen LogP contribution in [-0.4, -0.2) is 43.1 Å². The van der Waals surface area contributed by atoms with Gasteiger partial charge >= 0.3 is 0 Å². The van der Waals surface area contributed by atoms with Crippen molar-refractivity contribution in [2.75, 3.05) is 32.7 Å². The topological polar surface area (TPSA) is 29.1 Å². The van der Waals surface area contributed by atoms with Crippen molar-refractivity contribution in [2.45, 2.75) is 34.1 Å². The van der Waals surface area contributed by atoms with Crippen molar-refractivity contribution in [2.24, 2.45) is 0 Å². The van der Waals surface area contributed by atoms with Gasteiger partial charge in [-0.15, -0.1) is 0 Å². The molecule has 17 heavy (non-hydrogen) atoms. The van der Waals surface area contributed by atoms with E-state index in [0.717, 1.165) is 24.0 Å². The molecule has 0 aromatic heterocycles. The Balaban J connectivity index is 0. The SMILES string of the molecule is CC=CC(=O)NCCC[N+](CC)(CC)CC.[Cl-]. The molecule has 0 fully saturated rings. The average Bonchev–Trinajstić information content (AvgIpc) is 2.31. The third-order valence-electron chi connectivity index (χ3n) is 3.44. The first-order valence-corrected chi connectivity index (χ1v) is 6.39. The summed E-state index contributed by atoms with van der Waals surface area (Å²) in [5, 5.41) is 2.89. The Morgan fingerprint density at radius 2 is 1.71 bits per heavy atom. The summed E-state index contributed by atoms with van der Waals surface area (Å²) in [5.74, 6) is 0.0186. The molecule has 0 bridgehead atoms. The predicted octanol–water partition coefficient (Wildman–Crippen LogP) is -1.05. The number of rotatable bonds is 8. The van der Waals surface area contributed by atoms with E-state index in [1.807, 2.05) is 6.92 Å². The molecule has 0 spiro atoms. The number of carbonyl (C=O) groups is 1. The molecule has 1 amide bonds. The van der Waals surface area contributed by atoms with Crippen molar-refractivity contribution in [3.05, 3.63) is 12.2 Å². The minimum absolute atomic E-state index is 0. The summed E-state index contributed by atoms with van der Waals surface area (Å²) in [5.41, 5.74) is 0. The zero-order chi connectivity index (χ0) is 12.4. The second-order valence-electron chi connectivity index (χ2n) is 4.16. The highest BCUT2D eigenvalue weighted by Crippen LogP contribution is 2.06. The molecule has 0 aliphatic rings. The molecule has 4 heteroatoms. The second kappa shape index (κ2) is 10.6. The summed E-state index contributed by atoms with van der Waals surface area (Å²) in [6.07, 6.45) is 4.39. The van der Waals surface area contributed by atoms with Gasteiger partial charge in [0.25, 0.3) is 0 Å². The Bertz CT molecular complexity index is 217. The number of nitrogens with one attached hydrogen (secondary N) is 1. The first kappa shape index (κ1) is 18.8. The van der Waals surface area contributed by atoms with Crippen LogP contribution in [0.1, 0.15) is 34.1 Å². The standard InChI is InChI=1S/C13H26N2O.ClH/c1-5-10-13(16)14-11-9-12-15(6-2,7-3)8-4;/h5,10H,6-9,11-12H2,1-4H3;1H. The molecule has 0 radical (unpaired) electrons. The fraction of sp³-hybridized carbons (Fsp3) is 0.769. The van der Waals surface area contributed by atoms with Gasteiger partial charge in [-0.3, -0.25) is 4.79 Å². The molecule has 0 unspecified atom stereocenters.